The fraction of sp³-hybridized carbons (Fsp3) is 0.875. The average molecular weight is 293 g/mol. The van der Waals surface area contributed by atoms with Gasteiger partial charge in [-0.15, -0.1) is 0 Å². The Bertz CT molecular complexity index is 392. The smallest absolute Gasteiger partial charge is 0.222 e. The van der Waals surface area contributed by atoms with E-state index in [9.17, 15) is 9.59 Å². The normalized spacial score (nSPS) is 33.0. The van der Waals surface area contributed by atoms with E-state index in [1.54, 1.807) is 7.05 Å². The van der Waals surface area contributed by atoms with Crippen LogP contribution < -0.4 is 10.6 Å². The number of hydrogen-bond acceptors (Lipinski definition) is 3. The van der Waals surface area contributed by atoms with Gasteiger partial charge in [0.25, 0.3) is 0 Å². The first-order valence-corrected chi connectivity index (χ1v) is 8.41. The van der Waals surface area contributed by atoms with Crippen molar-refractivity contribution in [3.8, 4) is 0 Å². The molecule has 5 nitrogen and oxygen atoms in total. The summed E-state index contributed by atoms with van der Waals surface area (Å²) < 4.78 is 0. The third-order valence-electron chi connectivity index (χ3n) is 5.50. The Kier molecular flexibility index (Phi) is 4.48. The summed E-state index contributed by atoms with van der Waals surface area (Å²) in [6.07, 6.45) is 7.22. The maximum Gasteiger partial charge on any atom is 0.222 e. The lowest BCUT2D eigenvalue weighted by atomic mass is 9.88. The number of amides is 2. The number of carbonyl (C=O) groups is 2. The second-order valence-corrected chi connectivity index (χ2v) is 6.95. The van der Waals surface area contributed by atoms with Crippen molar-refractivity contribution >= 4 is 11.8 Å². The van der Waals surface area contributed by atoms with Crippen LogP contribution >= 0.6 is 0 Å². The molecule has 2 bridgehead atoms. The molecule has 0 radical (unpaired) electrons. The molecule has 0 saturated carbocycles. The highest BCUT2D eigenvalue weighted by Gasteiger charge is 2.35. The van der Waals surface area contributed by atoms with Gasteiger partial charge in [-0.05, 0) is 44.4 Å². The van der Waals surface area contributed by atoms with Gasteiger partial charge in [0.2, 0.25) is 11.8 Å². The van der Waals surface area contributed by atoms with Gasteiger partial charge in [0, 0.05) is 44.6 Å². The molecule has 0 aromatic heterocycles. The van der Waals surface area contributed by atoms with Crippen LogP contribution in [0.2, 0.25) is 0 Å². The summed E-state index contributed by atoms with van der Waals surface area (Å²) in [5.74, 6) is 1.08. The van der Waals surface area contributed by atoms with Gasteiger partial charge >= 0.3 is 0 Å². The first-order chi connectivity index (χ1) is 10.2. The summed E-state index contributed by atoms with van der Waals surface area (Å²) in [5.41, 5.74) is 0. The summed E-state index contributed by atoms with van der Waals surface area (Å²) >= 11 is 0. The van der Waals surface area contributed by atoms with Crippen molar-refractivity contribution in [3.05, 3.63) is 0 Å². The molecular formula is C16H27N3O2. The number of nitrogens with one attached hydrogen (secondary N) is 2. The SMILES string of the molecule is CNC(=O)C1CCN(C(=O)CC2CC3CCC(C2)N3)CC1. The molecule has 118 valence electrons. The van der Waals surface area contributed by atoms with E-state index in [2.05, 4.69) is 10.6 Å². The number of rotatable bonds is 3. The molecule has 3 fully saturated rings. The second kappa shape index (κ2) is 6.34. The number of likely N-dealkylation sites (tertiary alicyclic amines) is 1. The highest BCUT2D eigenvalue weighted by atomic mass is 16.2. The van der Waals surface area contributed by atoms with Crippen molar-refractivity contribution in [2.75, 3.05) is 20.1 Å². The molecule has 2 N–H and O–H groups in total. The number of fused-ring (bicyclic) bond motifs is 2. The van der Waals surface area contributed by atoms with E-state index >= 15 is 0 Å². The summed E-state index contributed by atoms with van der Waals surface area (Å²) in [6.45, 7) is 1.49. The third-order valence-corrected chi connectivity index (χ3v) is 5.50. The number of piperidine rings is 2. The van der Waals surface area contributed by atoms with Crippen molar-refractivity contribution in [3.63, 3.8) is 0 Å². The molecule has 2 amide bonds. The molecule has 5 heteroatoms. The Morgan fingerprint density at radius 2 is 1.71 bits per heavy atom. The zero-order chi connectivity index (χ0) is 14.8. The molecular weight excluding hydrogens is 266 g/mol. The van der Waals surface area contributed by atoms with Crippen LogP contribution in [0.4, 0.5) is 0 Å². The van der Waals surface area contributed by atoms with Crippen molar-refractivity contribution in [1.82, 2.24) is 15.5 Å². The topological polar surface area (TPSA) is 61.4 Å². The van der Waals surface area contributed by atoms with Crippen molar-refractivity contribution in [2.45, 2.75) is 57.0 Å². The highest BCUT2D eigenvalue weighted by Crippen LogP contribution is 2.33. The Morgan fingerprint density at radius 3 is 2.29 bits per heavy atom. The van der Waals surface area contributed by atoms with E-state index in [-0.39, 0.29) is 11.8 Å². The lowest BCUT2D eigenvalue weighted by Crippen LogP contribution is -2.44. The van der Waals surface area contributed by atoms with E-state index in [0.29, 0.717) is 30.3 Å². The summed E-state index contributed by atoms with van der Waals surface area (Å²) in [6, 6.07) is 1.31. The molecule has 3 aliphatic heterocycles. The highest BCUT2D eigenvalue weighted by molar-refractivity contribution is 5.80. The summed E-state index contributed by atoms with van der Waals surface area (Å²) in [7, 11) is 1.69. The molecule has 2 unspecified atom stereocenters. The number of nitrogens with zero attached hydrogens (tertiary/aromatic N) is 1. The fourth-order valence-electron chi connectivity index (χ4n) is 4.31. The van der Waals surface area contributed by atoms with Gasteiger partial charge in [0.05, 0.1) is 0 Å². The number of hydrogen-bond donors (Lipinski definition) is 2. The third kappa shape index (κ3) is 3.39. The van der Waals surface area contributed by atoms with E-state index in [0.717, 1.165) is 38.8 Å². The predicted octanol–water partition coefficient (Wildman–Crippen LogP) is 0.892. The van der Waals surface area contributed by atoms with Gasteiger partial charge < -0.3 is 15.5 Å². The number of carbonyl (C=O) groups excluding carboxylic acids is 2. The van der Waals surface area contributed by atoms with E-state index in [1.165, 1.54) is 12.8 Å². The molecule has 21 heavy (non-hydrogen) atoms. The molecule has 3 aliphatic rings. The molecule has 0 aliphatic carbocycles. The largest absolute Gasteiger partial charge is 0.359 e. The van der Waals surface area contributed by atoms with Crippen LogP contribution in [0.15, 0.2) is 0 Å². The van der Waals surface area contributed by atoms with Crippen LogP contribution in [0.3, 0.4) is 0 Å². The van der Waals surface area contributed by atoms with Crippen LogP contribution in [-0.2, 0) is 9.59 Å². The Labute approximate surface area is 126 Å². The minimum atomic E-state index is 0.0915. The predicted molar refractivity (Wildman–Crippen MR) is 80.7 cm³/mol. The zero-order valence-electron chi connectivity index (χ0n) is 12.9. The van der Waals surface area contributed by atoms with Crippen LogP contribution in [-0.4, -0.2) is 48.9 Å². The monoisotopic (exact) mass is 293 g/mol. The fourth-order valence-corrected chi connectivity index (χ4v) is 4.31. The molecule has 2 atom stereocenters. The van der Waals surface area contributed by atoms with Crippen molar-refractivity contribution < 1.29 is 9.59 Å². The molecule has 3 rings (SSSR count). The van der Waals surface area contributed by atoms with Gasteiger partial charge in [0.1, 0.15) is 0 Å². The van der Waals surface area contributed by atoms with E-state index < -0.39 is 0 Å². The molecule has 0 aromatic carbocycles. The standard InChI is InChI=1S/C16H27N3O2/c1-17-16(21)12-4-6-19(7-5-12)15(20)10-11-8-13-2-3-14(9-11)18-13/h11-14,18H,2-10H2,1H3,(H,17,21). The van der Waals surface area contributed by atoms with Gasteiger partial charge in [-0.25, -0.2) is 0 Å². The quantitative estimate of drug-likeness (QED) is 0.812. The van der Waals surface area contributed by atoms with Gasteiger partial charge in [-0.1, -0.05) is 0 Å². The lowest BCUT2D eigenvalue weighted by Gasteiger charge is -2.34. The maximum atomic E-state index is 12.5. The van der Waals surface area contributed by atoms with Crippen LogP contribution in [0.1, 0.15) is 44.9 Å². The lowest BCUT2D eigenvalue weighted by molar-refractivity contribution is -0.136. The molecule has 0 spiro atoms. The van der Waals surface area contributed by atoms with E-state index in [1.807, 2.05) is 4.90 Å². The summed E-state index contributed by atoms with van der Waals surface area (Å²) in [5, 5.41) is 6.34. The molecule has 3 saturated heterocycles. The second-order valence-electron chi connectivity index (χ2n) is 6.95. The Balaban J connectivity index is 1.45. The first-order valence-electron chi connectivity index (χ1n) is 8.41. The Morgan fingerprint density at radius 1 is 1.10 bits per heavy atom. The van der Waals surface area contributed by atoms with E-state index in [4.69, 9.17) is 0 Å². The molecule has 3 heterocycles. The molecule has 0 aromatic rings. The maximum absolute atomic E-state index is 12.5. The van der Waals surface area contributed by atoms with Crippen molar-refractivity contribution in [1.29, 1.82) is 0 Å². The van der Waals surface area contributed by atoms with Crippen LogP contribution in [0.5, 0.6) is 0 Å². The first kappa shape index (κ1) is 14.8. The van der Waals surface area contributed by atoms with Crippen molar-refractivity contribution in [2.24, 2.45) is 11.8 Å². The van der Waals surface area contributed by atoms with Gasteiger partial charge in [0.15, 0.2) is 0 Å². The summed E-state index contributed by atoms with van der Waals surface area (Å²) in [4.78, 5) is 26.0. The van der Waals surface area contributed by atoms with Crippen LogP contribution in [0, 0.1) is 11.8 Å². The zero-order valence-corrected chi connectivity index (χ0v) is 12.9. The average Bonchev–Trinajstić information content (AvgIpc) is 2.85. The van der Waals surface area contributed by atoms with Gasteiger partial charge in [-0.3, -0.25) is 9.59 Å². The van der Waals surface area contributed by atoms with Gasteiger partial charge in [-0.2, -0.15) is 0 Å². The Hall–Kier alpha value is -1.10. The minimum Gasteiger partial charge on any atom is -0.359 e. The minimum absolute atomic E-state index is 0.0915. The van der Waals surface area contributed by atoms with Crippen LogP contribution in [0.25, 0.3) is 0 Å².